The molecule has 1 atom stereocenters. The number of rotatable bonds is 3. The van der Waals surface area contributed by atoms with Crippen molar-refractivity contribution in [2.75, 3.05) is 0 Å². The van der Waals surface area contributed by atoms with Gasteiger partial charge in [-0.1, -0.05) is 12.1 Å². The molecular weight excluding hydrogens is 306 g/mol. The van der Waals surface area contributed by atoms with Gasteiger partial charge in [0.2, 0.25) is 0 Å². The average molecular weight is 321 g/mol. The summed E-state index contributed by atoms with van der Waals surface area (Å²) in [6, 6.07) is 10.9. The number of aromatic amines is 2. The molecule has 4 rings (SSSR count). The lowest BCUT2D eigenvalue weighted by Crippen LogP contribution is -2.26. The van der Waals surface area contributed by atoms with Crippen LogP contribution in [0, 0.1) is 0 Å². The molecule has 1 amide bonds. The third-order valence-electron chi connectivity index (χ3n) is 3.98. The molecule has 0 bridgehead atoms. The first-order valence-electron chi connectivity index (χ1n) is 7.57. The summed E-state index contributed by atoms with van der Waals surface area (Å²) in [4.78, 5) is 33.5. The minimum Gasteiger partial charge on any atom is -0.344 e. The number of carbonyl (C=O) groups is 1. The Morgan fingerprint density at radius 1 is 1.21 bits per heavy atom. The van der Waals surface area contributed by atoms with E-state index in [1.165, 1.54) is 0 Å². The molecule has 0 spiro atoms. The van der Waals surface area contributed by atoms with Gasteiger partial charge in [0.1, 0.15) is 11.3 Å². The molecule has 120 valence electrons. The van der Waals surface area contributed by atoms with E-state index in [0.29, 0.717) is 11.2 Å². The molecule has 0 unspecified atom stereocenters. The van der Waals surface area contributed by atoms with Gasteiger partial charge in [-0.2, -0.15) is 0 Å². The number of nitrogens with zero attached hydrogens (tertiary/aromatic N) is 2. The van der Waals surface area contributed by atoms with Crippen molar-refractivity contribution in [2.45, 2.75) is 13.0 Å². The fourth-order valence-corrected chi connectivity index (χ4v) is 2.72. The predicted molar refractivity (Wildman–Crippen MR) is 90.0 cm³/mol. The Labute approximate surface area is 136 Å². The Morgan fingerprint density at radius 2 is 2.04 bits per heavy atom. The van der Waals surface area contributed by atoms with Crippen LogP contribution in [0.2, 0.25) is 0 Å². The van der Waals surface area contributed by atoms with Crippen LogP contribution in [0.5, 0.6) is 0 Å². The molecule has 0 saturated carbocycles. The number of benzene rings is 1. The van der Waals surface area contributed by atoms with Gasteiger partial charge >= 0.3 is 5.69 Å². The van der Waals surface area contributed by atoms with Crippen LogP contribution >= 0.6 is 0 Å². The van der Waals surface area contributed by atoms with Gasteiger partial charge in [0.15, 0.2) is 0 Å². The summed E-state index contributed by atoms with van der Waals surface area (Å²) >= 11 is 0. The maximum absolute atomic E-state index is 12.4. The summed E-state index contributed by atoms with van der Waals surface area (Å²) in [7, 11) is 0. The number of pyridine rings is 1. The highest BCUT2D eigenvalue weighted by atomic mass is 16.2. The van der Waals surface area contributed by atoms with Gasteiger partial charge in [-0.05, 0) is 36.8 Å². The lowest BCUT2D eigenvalue weighted by atomic mass is 10.1. The van der Waals surface area contributed by atoms with Crippen molar-refractivity contribution in [2.24, 2.45) is 0 Å². The van der Waals surface area contributed by atoms with E-state index in [4.69, 9.17) is 0 Å². The maximum atomic E-state index is 12.4. The minimum absolute atomic E-state index is 0.217. The van der Waals surface area contributed by atoms with Crippen molar-refractivity contribution in [3.05, 3.63) is 70.5 Å². The van der Waals surface area contributed by atoms with Crippen LogP contribution in [0.15, 0.2) is 53.6 Å². The molecule has 3 heterocycles. The first kappa shape index (κ1) is 14.3. The quantitative estimate of drug-likeness (QED) is 0.538. The summed E-state index contributed by atoms with van der Waals surface area (Å²) in [5, 5.41) is 2.93. The van der Waals surface area contributed by atoms with Gasteiger partial charge in [-0.25, -0.2) is 9.78 Å². The second-order valence-corrected chi connectivity index (χ2v) is 5.67. The minimum atomic E-state index is -0.247. The molecule has 4 aromatic rings. The molecular formula is C17H15N5O2. The largest absolute Gasteiger partial charge is 0.344 e. The Morgan fingerprint density at radius 3 is 2.88 bits per heavy atom. The number of amides is 1. The van der Waals surface area contributed by atoms with Gasteiger partial charge in [0.25, 0.3) is 5.91 Å². The van der Waals surface area contributed by atoms with Crippen molar-refractivity contribution in [1.29, 1.82) is 0 Å². The fourth-order valence-electron chi connectivity index (χ4n) is 2.72. The third kappa shape index (κ3) is 2.45. The van der Waals surface area contributed by atoms with Crippen molar-refractivity contribution >= 4 is 22.6 Å². The third-order valence-corrected chi connectivity index (χ3v) is 3.98. The Kier molecular flexibility index (Phi) is 3.19. The molecule has 0 aliphatic carbocycles. The first-order chi connectivity index (χ1) is 11.6. The smallest absolute Gasteiger partial charge is 0.323 e. The highest BCUT2D eigenvalue weighted by molar-refractivity contribution is 5.93. The molecule has 7 nitrogen and oxygen atoms in total. The number of hydrogen-bond donors (Lipinski definition) is 3. The fraction of sp³-hybridized carbons (Fsp3) is 0.118. The zero-order chi connectivity index (χ0) is 16.7. The van der Waals surface area contributed by atoms with Gasteiger partial charge in [0.05, 0.1) is 17.1 Å². The SMILES string of the molecule is C[C@H](NC(=O)c1cn2ccccc2n1)c1ccc2[nH]c(=O)[nH]c2c1. The van der Waals surface area contributed by atoms with Crippen molar-refractivity contribution in [3.63, 3.8) is 0 Å². The molecule has 0 aliphatic rings. The number of imidazole rings is 2. The summed E-state index contributed by atoms with van der Waals surface area (Å²) in [5.41, 5.74) is 3.19. The van der Waals surface area contributed by atoms with E-state index in [1.54, 1.807) is 10.6 Å². The lowest BCUT2D eigenvalue weighted by Gasteiger charge is -2.13. The van der Waals surface area contributed by atoms with Crippen LogP contribution < -0.4 is 11.0 Å². The van der Waals surface area contributed by atoms with Gasteiger partial charge in [-0.3, -0.25) is 4.79 Å². The topological polar surface area (TPSA) is 95.1 Å². The lowest BCUT2D eigenvalue weighted by molar-refractivity contribution is 0.0935. The normalized spacial score (nSPS) is 12.5. The Balaban J connectivity index is 1.58. The first-order valence-corrected chi connectivity index (χ1v) is 7.57. The highest BCUT2D eigenvalue weighted by Gasteiger charge is 2.15. The number of hydrogen-bond acceptors (Lipinski definition) is 3. The molecule has 1 aromatic carbocycles. The van der Waals surface area contributed by atoms with Crippen molar-refractivity contribution in [1.82, 2.24) is 24.7 Å². The van der Waals surface area contributed by atoms with E-state index < -0.39 is 0 Å². The van der Waals surface area contributed by atoms with E-state index in [2.05, 4.69) is 20.3 Å². The summed E-state index contributed by atoms with van der Waals surface area (Å²) < 4.78 is 1.80. The molecule has 0 radical (unpaired) electrons. The molecule has 7 heteroatoms. The molecule has 0 saturated heterocycles. The van der Waals surface area contributed by atoms with Crippen molar-refractivity contribution < 1.29 is 4.79 Å². The van der Waals surface area contributed by atoms with E-state index in [1.807, 2.05) is 49.5 Å². The van der Waals surface area contributed by atoms with Crippen LogP contribution in [0.3, 0.4) is 0 Å². The molecule has 24 heavy (non-hydrogen) atoms. The Hall–Kier alpha value is -3.35. The van der Waals surface area contributed by atoms with Crippen LogP contribution in [0.1, 0.15) is 29.0 Å². The van der Waals surface area contributed by atoms with Crippen LogP contribution in [-0.4, -0.2) is 25.3 Å². The zero-order valence-electron chi connectivity index (χ0n) is 12.9. The number of H-pyrrole nitrogens is 2. The second kappa shape index (κ2) is 5.38. The molecule has 0 fully saturated rings. The monoisotopic (exact) mass is 321 g/mol. The van der Waals surface area contributed by atoms with E-state index in [-0.39, 0.29) is 17.6 Å². The number of aromatic nitrogens is 4. The van der Waals surface area contributed by atoms with Gasteiger partial charge in [0, 0.05) is 12.4 Å². The standard InChI is InChI=1S/C17H15N5O2/c1-10(11-5-6-12-13(8-11)21-17(24)20-12)18-16(23)14-9-22-7-3-2-4-15(22)19-14/h2-10H,1H3,(H,18,23)(H2,20,21,24)/t10-/m0/s1. The zero-order valence-corrected chi connectivity index (χ0v) is 12.9. The van der Waals surface area contributed by atoms with E-state index >= 15 is 0 Å². The molecule has 3 N–H and O–H groups in total. The Bertz CT molecular complexity index is 1070. The molecule has 0 aliphatic heterocycles. The van der Waals surface area contributed by atoms with Crippen LogP contribution in [0.4, 0.5) is 0 Å². The van der Waals surface area contributed by atoms with E-state index in [0.717, 1.165) is 16.7 Å². The van der Waals surface area contributed by atoms with Crippen LogP contribution in [-0.2, 0) is 0 Å². The summed E-state index contributed by atoms with van der Waals surface area (Å²) in [6.07, 6.45) is 3.54. The number of fused-ring (bicyclic) bond motifs is 2. The van der Waals surface area contributed by atoms with Gasteiger partial charge < -0.3 is 19.7 Å². The second-order valence-electron chi connectivity index (χ2n) is 5.67. The van der Waals surface area contributed by atoms with Crippen molar-refractivity contribution in [3.8, 4) is 0 Å². The average Bonchev–Trinajstić information content (AvgIpc) is 3.15. The van der Waals surface area contributed by atoms with E-state index in [9.17, 15) is 9.59 Å². The maximum Gasteiger partial charge on any atom is 0.323 e. The predicted octanol–water partition coefficient (Wildman–Crippen LogP) is 1.99. The molecule has 3 aromatic heterocycles. The highest BCUT2D eigenvalue weighted by Crippen LogP contribution is 2.17. The number of nitrogens with one attached hydrogen (secondary N) is 3. The van der Waals surface area contributed by atoms with Crippen LogP contribution in [0.25, 0.3) is 16.7 Å². The van der Waals surface area contributed by atoms with Gasteiger partial charge in [-0.15, -0.1) is 0 Å². The summed E-state index contributed by atoms with van der Waals surface area (Å²) in [5.74, 6) is -0.242. The number of carbonyl (C=O) groups excluding carboxylic acids is 1. The summed E-state index contributed by atoms with van der Waals surface area (Å²) in [6.45, 7) is 1.89.